The quantitative estimate of drug-likeness (QED) is 0.757. The number of aromatic hydroxyl groups is 1. The molecule has 1 aromatic carbocycles. The summed E-state index contributed by atoms with van der Waals surface area (Å²) >= 11 is 7.98. The Morgan fingerprint density at radius 1 is 1.24 bits per heavy atom. The largest absolute Gasteiger partial charge is 0.492 e. The Labute approximate surface area is 155 Å². The molecule has 1 atom stereocenters. The maximum Gasteiger partial charge on any atom is 0.230 e. The summed E-state index contributed by atoms with van der Waals surface area (Å²) in [5, 5.41) is 15.5. The zero-order valence-corrected chi connectivity index (χ0v) is 15.5. The Morgan fingerprint density at radius 3 is 2.68 bits per heavy atom. The lowest BCUT2D eigenvalue weighted by Gasteiger charge is -2.39. The van der Waals surface area contributed by atoms with Crippen LogP contribution in [0, 0.1) is 0 Å². The average Bonchev–Trinajstić information content (AvgIpc) is 3.21. The molecule has 0 spiro atoms. The first-order valence-electron chi connectivity index (χ1n) is 8.41. The highest BCUT2D eigenvalue weighted by Gasteiger charge is 2.32. The molecule has 25 heavy (non-hydrogen) atoms. The molecule has 0 radical (unpaired) electrons. The molecule has 6 nitrogen and oxygen atoms in total. The fourth-order valence-corrected chi connectivity index (χ4v) is 4.73. The first-order valence-corrected chi connectivity index (χ1v) is 9.60. The molecule has 8 heteroatoms. The molecule has 132 valence electrons. The summed E-state index contributed by atoms with van der Waals surface area (Å²) < 4.78 is 1.49. The first kappa shape index (κ1) is 16.8. The van der Waals surface area contributed by atoms with Crippen LogP contribution in [0.15, 0.2) is 30.6 Å². The van der Waals surface area contributed by atoms with Crippen LogP contribution >= 0.6 is 22.9 Å². The fourth-order valence-electron chi connectivity index (χ4n) is 3.41. The van der Waals surface area contributed by atoms with Gasteiger partial charge in [0.1, 0.15) is 6.33 Å². The lowest BCUT2D eigenvalue weighted by atomic mass is 10.0. The summed E-state index contributed by atoms with van der Waals surface area (Å²) in [5.74, 6) is 0.153. The Morgan fingerprint density at radius 2 is 2.00 bits per heavy atom. The van der Waals surface area contributed by atoms with Gasteiger partial charge in [-0.2, -0.15) is 9.61 Å². The molecule has 3 aromatic rings. The number of piperazine rings is 1. The minimum absolute atomic E-state index is 0.0961. The summed E-state index contributed by atoms with van der Waals surface area (Å²) in [6.45, 7) is 7.13. The molecule has 1 aliphatic rings. The number of halogens is 1. The second-order valence-corrected chi connectivity index (χ2v) is 7.55. The number of thiazole rings is 1. The third-order valence-corrected chi connectivity index (χ3v) is 6.24. The van der Waals surface area contributed by atoms with Gasteiger partial charge in [-0.3, -0.25) is 4.90 Å². The molecule has 1 unspecified atom stereocenters. The monoisotopic (exact) mass is 377 g/mol. The number of aromatic nitrogens is 3. The smallest absolute Gasteiger partial charge is 0.230 e. The minimum Gasteiger partial charge on any atom is -0.492 e. The number of rotatable bonds is 4. The van der Waals surface area contributed by atoms with Crippen molar-refractivity contribution in [3.05, 3.63) is 46.1 Å². The Bertz CT molecular complexity index is 871. The summed E-state index contributed by atoms with van der Waals surface area (Å²) in [4.78, 5) is 10.6. The van der Waals surface area contributed by atoms with Gasteiger partial charge in [-0.25, -0.2) is 4.98 Å². The van der Waals surface area contributed by atoms with Crippen LogP contribution in [0.4, 0.5) is 0 Å². The number of hydrogen-bond donors (Lipinski definition) is 1. The van der Waals surface area contributed by atoms with E-state index in [1.54, 1.807) is 0 Å². The average molecular weight is 378 g/mol. The standard InChI is InChI=1S/C17H20ClN5OS/c1-2-21-7-9-22(10-8-21)14(12-5-3-4-6-13(12)18)15-16(24)23-17(25-15)19-11-20-23/h3-6,11,14,24H,2,7-10H2,1H3. The number of likely N-dealkylation sites (N-methyl/N-ethyl adjacent to an activating group) is 1. The molecule has 1 saturated heterocycles. The third kappa shape index (κ3) is 3.01. The lowest BCUT2D eigenvalue weighted by Crippen LogP contribution is -2.47. The van der Waals surface area contributed by atoms with Crippen LogP contribution in [-0.2, 0) is 0 Å². The summed E-state index contributed by atoms with van der Waals surface area (Å²) in [7, 11) is 0. The lowest BCUT2D eigenvalue weighted by molar-refractivity contribution is 0.113. The number of hydrogen-bond acceptors (Lipinski definition) is 6. The molecular formula is C17H20ClN5OS. The molecule has 2 aromatic heterocycles. The Hall–Kier alpha value is -1.67. The van der Waals surface area contributed by atoms with Crippen LogP contribution in [0.1, 0.15) is 23.4 Å². The maximum absolute atomic E-state index is 10.7. The predicted octanol–water partition coefficient (Wildman–Crippen LogP) is 2.88. The van der Waals surface area contributed by atoms with Gasteiger partial charge in [-0.1, -0.05) is 48.1 Å². The van der Waals surface area contributed by atoms with Crippen molar-refractivity contribution >= 4 is 27.9 Å². The van der Waals surface area contributed by atoms with Crippen molar-refractivity contribution in [3.63, 3.8) is 0 Å². The van der Waals surface area contributed by atoms with E-state index in [2.05, 4.69) is 26.8 Å². The fraction of sp³-hybridized carbons (Fsp3) is 0.412. The van der Waals surface area contributed by atoms with Gasteiger partial charge < -0.3 is 10.0 Å². The van der Waals surface area contributed by atoms with E-state index in [1.807, 2.05) is 24.3 Å². The van der Waals surface area contributed by atoms with Gasteiger partial charge in [-0.15, -0.1) is 0 Å². The van der Waals surface area contributed by atoms with Crippen molar-refractivity contribution in [2.45, 2.75) is 13.0 Å². The normalized spacial score (nSPS) is 18.0. The van der Waals surface area contributed by atoms with Crippen LogP contribution in [0.25, 0.3) is 4.96 Å². The van der Waals surface area contributed by atoms with E-state index in [-0.39, 0.29) is 11.9 Å². The predicted molar refractivity (Wildman–Crippen MR) is 99.5 cm³/mol. The second kappa shape index (κ2) is 6.92. The summed E-state index contributed by atoms with van der Waals surface area (Å²) in [5.41, 5.74) is 1.01. The molecule has 0 bridgehead atoms. The van der Waals surface area contributed by atoms with E-state index in [0.717, 1.165) is 43.2 Å². The van der Waals surface area contributed by atoms with Crippen LogP contribution in [-0.4, -0.2) is 62.2 Å². The van der Waals surface area contributed by atoms with Gasteiger partial charge in [0.25, 0.3) is 0 Å². The highest BCUT2D eigenvalue weighted by molar-refractivity contribution is 7.17. The van der Waals surface area contributed by atoms with Gasteiger partial charge in [0.05, 0.1) is 10.9 Å². The number of benzene rings is 1. The molecule has 0 amide bonds. The molecule has 0 saturated carbocycles. The van der Waals surface area contributed by atoms with Crippen molar-refractivity contribution in [1.29, 1.82) is 0 Å². The van der Waals surface area contributed by atoms with Crippen molar-refractivity contribution in [2.75, 3.05) is 32.7 Å². The van der Waals surface area contributed by atoms with E-state index >= 15 is 0 Å². The zero-order valence-electron chi connectivity index (χ0n) is 14.0. The summed E-state index contributed by atoms with van der Waals surface area (Å²) in [6, 6.07) is 7.76. The van der Waals surface area contributed by atoms with E-state index in [4.69, 9.17) is 11.6 Å². The van der Waals surface area contributed by atoms with E-state index < -0.39 is 0 Å². The number of fused-ring (bicyclic) bond motifs is 1. The second-order valence-electron chi connectivity index (χ2n) is 6.14. The Balaban J connectivity index is 1.77. The zero-order chi connectivity index (χ0) is 17.4. The SMILES string of the molecule is CCN1CCN(C(c2ccccc2Cl)c2sc3ncnn3c2O)CC1. The van der Waals surface area contributed by atoms with Gasteiger partial charge in [0.15, 0.2) is 0 Å². The highest BCUT2D eigenvalue weighted by Crippen LogP contribution is 2.41. The van der Waals surface area contributed by atoms with Crippen molar-refractivity contribution in [3.8, 4) is 5.88 Å². The van der Waals surface area contributed by atoms with Crippen molar-refractivity contribution in [2.24, 2.45) is 0 Å². The first-order chi connectivity index (χ1) is 12.2. The highest BCUT2D eigenvalue weighted by atomic mass is 35.5. The minimum atomic E-state index is -0.0961. The maximum atomic E-state index is 10.7. The van der Waals surface area contributed by atoms with E-state index in [1.165, 1.54) is 22.2 Å². The molecule has 0 aliphatic carbocycles. The van der Waals surface area contributed by atoms with Crippen LogP contribution in [0.2, 0.25) is 5.02 Å². The molecule has 1 aliphatic heterocycles. The van der Waals surface area contributed by atoms with Gasteiger partial charge in [0, 0.05) is 31.2 Å². The van der Waals surface area contributed by atoms with E-state index in [0.29, 0.717) is 9.98 Å². The third-order valence-electron chi connectivity index (χ3n) is 4.81. The molecule has 3 heterocycles. The van der Waals surface area contributed by atoms with Crippen LogP contribution in [0.3, 0.4) is 0 Å². The number of nitrogens with zero attached hydrogens (tertiary/aromatic N) is 5. The van der Waals surface area contributed by atoms with Crippen LogP contribution < -0.4 is 0 Å². The molecule has 1 fully saturated rings. The summed E-state index contributed by atoms with van der Waals surface area (Å²) in [6.07, 6.45) is 1.46. The molecular weight excluding hydrogens is 358 g/mol. The van der Waals surface area contributed by atoms with Gasteiger partial charge in [-0.05, 0) is 18.2 Å². The molecule has 1 N–H and O–H groups in total. The topological polar surface area (TPSA) is 56.9 Å². The molecule has 4 rings (SSSR count). The Kier molecular flexibility index (Phi) is 4.64. The van der Waals surface area contributed by atoms with Crippen molar-refractivity contribution in [1.82, 2.24) is 24.4 Å². The van der Waals surface area contributed by atoms with Crippen LogP contribution in [0.5, 0.6) is 5.88 Å². The van der Waals surface area contributed by atoms with Gasteiger partial charge >= 0.3 is 0 Å². The van der Waals surface area contributed by atoms with Gasteiger partial charge in [0.2, 0.25) is 10.8 Å². The van der Waals surface area contributed by atoms with E-state index in [9.17, 15) is 5.11 Å². The van der Waals surface area contributed by atoms with Crippen molar-refractivity contribution < 1.29 is 5.11 Å².